The van der Waals surface area contributed by atoms with Crippen LogP contribution in [0.15, 0.2) is 10.6 Å². The summed E-state index contributed by atoms with van der Waals surface area (Å²) in [6, 6.07) is 0. The van der Waals surface area contributed by atoms with Crippen molar-refractivity contribution in [1.82, 2.24) is 10.2 Å². The van der Waals surface area contributed by atoms with Gasteiger partial charge < -0.3 is 16.2 Å². The van der Waals surface area contributed by atoms with E-state index in [1.165, 1.54) is 16.7 Å². The molecule has 0 aromatic heterocycles. The van der Waals surface area contributed by atoms with E-state index in [-0.39, 0.29) is 17.0 Å². The van der Waals surface area contributed by atoms with Gasteiger partial charge in [-0.25, -0.2) is 4.79 Å². The number of nitrogens with zero attached hydrogens (tertiary/aromatic N) is 1. The number of hydrogen-bond donors (Lipinski definition) is 3. The highest BCUT2D eigenvalue weighted by atomic mass is 32.2. The van der Waals surface area contributed by atoms with Gasteiger partial charge in [0.25, 0.3) is 0 Å². The fraction of sp³-hybridized carbons (Fsp3) is 0.556. The number of β-lactam (4-membered cyclic amide) rings is 1. The minimum absolute atomic E-state index is 0.00623. The zero-order chi connectivity index (χ0) is 11.7. The van der Waals surface area contributed by atoms with Gasteiger partial charge in [-0.05, 0) is 0 Å². The summed E-state index contributed by atoms with van der Waals surface area (Å²) >= 11 is 1.45. The van der Waals surface area contributed by atoms with E-state index in [4.69, 9.17) is 10.8 Å². The number of carbonyl (C=O) groups is 2. The number of thioether (sulfide) groups is 1. The standard InChI is InChI=1S/C9H13N3O3S/c10-1-2-11-4-5-8(9(14)15)12-6(13)3-7(12)16-5/h7,11H,1-4,10H2,(H,14,15)/t7-/m0/s1. The highest BCUT2D eigenvalue weighted by molar-refractivity contribution is 8.04. The molecule has 0 spiro atoms. The first-order valence-corrected chi connectivity index (χ1v) is 5.89. The first-order valence-electron chi connectivity index (χ1n) is 5.01. The molecule has 2 rings (SSSR count). The molecular formula is C9H13N3O3S. The van der Waals surface area contributed by atoms with Gasteiger partial charge in [0.15, 0.2) is 0 Å². The topological polar surface area (TPSA) is 95.7 Å². The average molecular weight is 243 g/mol. The van der Waals surface area contributed by atoms with Crippen molar-refractivity contribution in [3.8, 4) is 0 Å². The van der Waals surface area contributed by atoms with Crippen LogP contribution in [0, 0.1) is 0 Å². The zero-order valence-corrected chi connectivity index (χ0v) is 9.42. The molecule has 1 fully saturated rings. The van der Waals surface area contributed by atoms with Crippen LogP contribution in [0.1, 0.15) is 6.42 Å². The lowest BCUT2D eigenvalue weighted by atomic mass is 10.1. The summed E-state index contributed by atoms with van der Waals surface area (Å²) in [5, 5.41) is 12.1. The van der Waals surface area contributed by atoms with Crippen LogP contribution >= 0.6 is 11.8 Å². The van der Waals surface area contributed by atoms with E-state index in [2.05, 4.69) is 5.32 Å². The highest BCUT2D eigenvalue weighted by Crippen LogP contribution is 2.45. The maximum Gasteiger partial charge on any atom is 0.353 e. The summed E-state index contributed by atoms with van der Waals surface area (Å²) in [6.45, 7) is 1.60. The van der Waals surface area contributed by atoms with Crippen LogP contribution in [-0.2, 0) is 9.59 Å². The molecule has 0 aromatic rings. The number of carbonyl (C=O) groups excluding carboxylic acids is 1. The number of amides is 1. The number of hydrogen-bond acceptors (Lipinski definition) is 5. The van der Waals surface area contributed by atoms with E-state index in [9.17, 15) is 9.59 Å². The number of fused-ring (bicyclic) bond motifs is 1. The van der Waals surface area contributed by atoms with Gasteiger partial charge in [-0.1, -0.05) is 0 Å². The Labute approximate surface area is 96.8 Å². The SMILES string of the molecule is NCCNCC1=C(C(=O)O)N2C(=O)C[C@@H]2S1. The molecule has 6 nitrogen and oxygen atoms in total. The van der Waals surface area contributed by atoms with Crippen molar-refractivity contribution >= 4 is 23.6 Å². The third-order valence-electron chi connectivity index (χ3n) is 2.50. The Morgan fingerprint density at radius 1 is 1.69 bits per heavy atom. The Bertz CT molecular complexity index is 369. The molecule has 88 valence electrons. The van der Waals surface area contributed by atoms with E-state index >= 15 is 0 Å². The first-order chi connectivity index (χ1) is 7.65. The number of carboxylic acid groups (broad SMARTS) is 1. The molecule has 4 N–H and O–H groups in total. The molecule has 0 saturated carbocycles. The van der Waals surface area contributed by atoms with E-state index in [1.54, 1.807) is 0 Å². The Hall–Kier alpha value is -1.05. The molecule has 16 heavy (non-hydrogen) atoms. The molecule has 2 heterocycles. The summed E-state index contributed by atoms with van der Waals surface area (Å²) in [7, 11) is 0. The van der Waals surface area contributed by atoms with E-state index in [0.717, 1.165) is 4.91 Å². The van der Waals surface area contributed by atoms with Crippen molar-refractivity contribution in [2.45, 2.75) is 11.8 Å². The number of nitrogens with one attached hydrogen (secondary N) is 1. The summed E-state index contributed by atoms with van der Waals surface area (Å²) in [6.07, 6.45) is 0.432. The molecular weight excluding hydrogens is 230 g/mol. The molecule has 0 radical (unpaired) electrons. The van der Waals surface area contributed by atoms with Crippen LogP contribution in [0.4, 0.5) is 0 Å². The van der Waals surface area contributed by atoms with Crippen LogP contribution in [0.25, 0.3) is 0 Å². The Balaban J connectivity index is 2.09. The van der Waals surface area contributed by atoms with Gasteiger partial charge in [0.2, 0.25) is 5.91 Å². The average Bonchev–Trinajstić information content (AvgIpc) is 2.52. The molecule has 0 aromatic carbocycles. The molecule has 2 aliphatic heterocycles. The zero-order valence-electron chi connectivity index (χ0n) is 8.60. The van der Waals surface area contributed by atoms with Gasteiger partial charge in [0.1, 0.15) is 5.70 Å². The minimum Gasteiger partial charge on any atom is -0.477 e. The van der Waals surface area contributed by atoms with Crippen molar-refractivity contribution in [2.75, 3.05) is 19.6 Å². The molecule has 0 aliphatic carbocycles. The summed E-state index contributed by atoms with van der Waals surface area (Å²) in [4.78, 5) is 24.4. The molecule has 1 saturated heterocycles. The quantitative estimate of drug-likeness (QED) is 0.429. The van der Waals surface area contributed by atoms with Gasteiger partial charge >= 0.3 is 5.97 Å². The van der Waals surface area contributed by atoms with Crippen molar-refractivity contribution in [3.05, 3.63) is 10.6 Å². The van der Waals surface area contributed by atoms with Gasteiger partial charge in [0, 0.05) is 24.5 Å². The Kier molecular flexibility index (Phi) is 3.17. The summed E-state index contributed by atoms with van der Waals surface area (Å²) < 4.78 is 0. The second kappa shape index (κ2) is 4.44. The van der Waals surface area contributed by atoms with Crippen molar-refractivity contribution < 1.29 is 14.7 Å². The molecule has 1 atom stereocenters. The fourth-order valence-electron chi connectivity index (χ4n) is 1.76. The van der Waals surface area contributed by atoms with Gasteiger partial charge in [-0.2, -0.15) is 0 Å². The Morgan fingerprint density at radius 2 is 2.44 bits per heavy atom. The highest BCUT2D eigenvalue weighted by Gasteiger charge is 2.48. The predicted molar refractivity (Wildman–Crippen MR) is 59.4 cm³/mol. The lowest BCUT2D eigenvalue weighted by Gasteiger charge is -2.33. The second-order valence-electron chi connectivity index (χ2n) is 3.58. The van der Waals surface area contributed by atoms with Crippen LogP contribution in [0.2, 0.25) is 0 Å². The van der Waals surface area contributed by atoms with E-state index < -0.39 is 5.97 Å². The van der Waals surface area contributed by atoms with Crippen LogP contribution < -0.4 is 11.1 Å². The molecule has 7 heteroatoms. The number of rotatable bonds is 5. The lowest BCUT2D eigenvalue weighted by Crippen LogP contribution is -2.48. The largest absolute Gasteiger partial charge is 0.477 e. The minimum atomic E-state index is -1.03. The van der Waals surface area contributed by atoms with Crippen LogP contribution in [0.3, 0.4) is 0 Å². The Morgan fingerprint density at radius 3 is 3.00 bits per heavy atom. The van der Waals surface area contributed by atoms with Crippen molar-refractivity contribution in [2.24, 2.45) is 5.73 Å². The van der Waals surface area contributed by atoms with Crippen LogP contribution in [-0.4, -0.2) is 46.9 Å². The molecule has 0 unspecified atom stereocenters. The number of carboxylic acids is 1. The van der Waals surface area contributed by atoms with Gasteiger partial charge in [-0.15, -0.1) is 11.8 Å². The van der Waals surface area contributed by atoms with Gasteiger partial charge in [-0.3, -0.25) is 9.69 Å². The van der Waals surface area contributed by atoms with Crippen molar-refractivity contribution in [3.63, 3.8) is 0 Å². The van der Waals surface area contributed by atoms with E-state index in [0.29, 0.717) is 26.1 Å². The summed E-state index contributed by atoms with van der Waals surface area (Å²) in [5.41, 5.74) is 5.47. The van der Waals surface area contributed by atoms with Gasteiger partial charge in [0.05, 0.1) is 11.8 Å². The smallest absolute Gasteiger partial charge is 0.353 e. The fourth-order valence-corrected chi connectivity index (χ4v) is 3.12. The normalized spacial score (nSPS) is 23.4. The maximum atomic E-state index is 11.3. The lowest BCUT2D eigenvalue weighted by molar-refractivity contribution is -0.145. The summed E-state index contributed by atoms with van der Waals surface area (Å²) in [5.74, 6) is -1.14. The molecule has 0 bridgehead atoms. The first kappa shape index (κ1) is 11.4. The third-order valence-corrected chi connectivity index (χ3v) is 3.77. The second-order valence-corrected chi connectivity index (χ2v) is 4.86. The van der Waals surface area contributed by atoms with E-state index in [1.807, 2.05) is 0 Å². The molecule has 2 aliphatic rings. The third kappa shape index (κ3) is 1.81. The number of nitrogens with two attached hydrogens (primary N) is 1. The van der Waals surface area contributed by atoms with Crippen LogP contribution in [0.5, 0.6) is 0 Å². The molecule has 1 amide bonds. The van der Waals surface area contributed by atoms with Crippen molar-refractivity contribution in [1.29, 1.82) is 0 Å². The predicted octanol–water partition coefficient (Wildman–Crippen LogP) is -0.864. The monoisotopic (exact) mass is 243 g/mol. The number of aliphatic carboxylic acids is 1. The maximum absolute atomic E-state index is 11.3.